The minimum absolute atomic E-state index is 0.136. The molecule has 6 nitrogen and oxygen atoms in total. The first-order valence-electron chi connectivity index (χ1n) is 19.2. The molecule has 0 aromatic heterocycles. The number of esters is 1. The lowest BCUT2D eigenvalue weighted by Crippen LogP contribution is -2.28. The van der Waals surface area contributed by atoms with E-state index in [-0.39, 0.29) is 24.5 Å². The predicted molar refractivity (Wildman–Crippen MR) is 194 cm³/mol. The molecule has 0 fully saturated rings. The highest BCUT2D eigenvalue weighted by molar-refractivity contribution is 5.80. The van der Waals surface area contributed by atoms with Crippen LogP contribution < -0.4 is 5.32 Å². The van der Waals surface area contributed by atoms with E-state index in [2.05, 4.69) is 31.3 Å². The Hall–Kier alpha value is -2.37. The molecule has 0 spiro atoms. The zero-order valence-corrected chi connectivity index (χ0v) is 29.9. The molecule has 0 aliphatic heterocycles. The Morgan fingerprint density at radius 1 is 0.587 bits per heavy atom. The lowest BCUT2D eigenvalue weighted by atomic mass is 10.0. The number of unbranched alkanes of at least 4 members (excludes halogenated alkanes) is 21. The van der Waals surface area contributed by atoms with Crippen molar-refractivity contribution >= 4 is 17.8 Å². The number of nitrogens with one attached hydrogen (secondary N) is 1. The molecule has 0 aromatic carbocycles. The molecule has 46 heavy (non-hydrogen) atoms. The molecule has 0 aliphatic carbocycles. The van der Waals surface area contributed by atoms with Gasteiger partial charge in [-0.3, -0.25) is 14.4 Å². The van der Waals surface area contributed by atoms with Crippen molar-refractivity contribution in [3.05, 3.63) is 36.5 Å². The van der Waals surface area contributed by atoms with Crippen LogP contribution in [0.3, 0.4) is 0 Å². The minimum Gasteiger partial charge on any atom is -0.480 e. The topological polar surface area (TPSA) is 92.7 Å². The standard InChI is InChI=1S/C40H71NO5/c1-3-5-7-9-10-11-12-13-14-15-16-17-18-19-20-21-22-27-31-35-40(45)46-37(32-28-24-8-6-4-2)33-29-25-23-26-30-34-38(42)41-36-39(43)44/h6,8,28-29,32-33,37H,3-5,7,9-27,30-31,34-36H2,1-2H3,(H,41,42)(H,43,44)/b8-6-,32-28-,33-29-. The highest BCUT2D eigenvalue weighted by atomic mass is 16.5. The second-order valence-electron chi connectivity index (χ2n) is 12.8. The van der Waals surface area contributed by atoms with Gasteiger partial charge >= 0.3 is 11.9 Å². The first-order chi connectivity index (χ1) is 22.5. The van der Waals surface area contributed by atoms with Crippen molar-refractivity contribution in [2.24, 2.45) is 0 Å². The van der Waals surface area contributed by atoms with Gasteiger partial charge in [0.1, 0.15) is 12.6 Å². The Bertz CT molecular complexity index is 803. The molecule has 0 saturated heterocycles. The number of hydrogen-bond acceptors (Lipinski definition) is 4. The van der Waals surface area contributed by atoms with Gasteiger partial charge in [-0.15, -0.1) is 0 Å². The number of allylic oxidation sites excluding steroid dienone is 4. The van der Waals surface area contributed by atoms with Crippen LogP contribution in [0, 0.1) is 0 Å². The number of carbonyl (C=O) groups is 3. The van der Waals surface area contributed by atoms with Gasteiger partial charge in [-0.05, 0) is 50.7 Å². The molecule has 266 valence electrons. The molecule has 1 unspecified atom stereocenters. The van der Waals surface area contributed by atoms with Crippen LogP contribution in [-0.2, 0) is 19.1 Å². The number of ether oxygens (including phenoxy) is 1. The van der Waals surface area contributed by atoms with E-state index in [1.54, 1.807) is 0 Å². The number of carbonyl (C=O) groups excluding carboxylic acids is 2. The third-order valence-corrected chi connectivity index (χ3v) is 8.29. The van der Waals surface area contributed by atoms with E-state index >= 15 is 0 Å². The first kappa shape index (κ1) is 43.6. The summed E-state index contributed by atoms with van der Waals surface area (Å²) in [5.74, 6) is -1.39. The van der Waals surface area contributed by atoms with Crippen molar-refractivity contribution in [2.75, 3.05) is 6.54 Å². The van der Waals surface area contributed by atoms with Crippen LogP contribution >= 0.6 is 0 Å². The highest BCUT2D eigenvalue weighted by Gasteiger charge is 2.09. The highest BCUT2D eigenvalue weighted by Crippen LogP contribution is 2.15. The number of hydrogen-bond donors (Lipinski definition) is 2. The van der Waals surface area contributed by atoms with E-state index in [1.165, 1.54) is 109 Å². The SMILES string of the molecule is CC/C=C\C/C=C\C(/C=C\CCCCCC(=O)NCC(=O)O)OC(=O)CCCCCCCCCCCCCCCCCCCCC. The Labute approximate surface area is 283 Å². The normalized spacial score (nSPS) is 12.4. The molecular formula is C40H71NO5. The average Bonchev–Trinajstić information content (AvgIpc) is 3.04. The fourth-order valence-corrected chi connectivity index (χ4v) is 5.47. The third kappa shape index (κ3) is 34.5. The van der Waals surface area contributed by atoms with E-state index in [0.29, 0.717) is 12.8 Å². The summed E-state index contributed by atoms with van der Waals surface area (Å²) in [5, 5.41) is 11.0. The molecule has 0 heterocycles. The molecule has 0 radical (unpaired) electrons. The van der Waals surface area contributed by atoms with Gasteiger partial charge in [0.2, 0.25) is 5.91 Å². The second-order valence-corrected chi connectivity index (χ2v) is 12.8. The van der Waals surface area contributed by atoms with E-state index in [9.17, 15) is 14.4 Å². The molecule has 2 N–H and O–H groups in total. The zero-order chi connectivity index (χ0) is 33.8. The summed E-state index contributed by atoms with van der Waals surface area (Å²) >= 11 is 0. The van der Waals surface area contributed by atoms with Gasteiger partial charge in [-0.1, -0.05) is 160 Å². The van der Waals surface area contributed by atoms with Crippen LogP contribution in [-0.4, -0.2) is 35.6 Å². The van der Waals surface area contributed by atoms with Crippen LogP contribution in [0.25, 0.3) is 0 Å². The number of carboxylic acid groups (broad SMARTS) is 1. The molecule has 0 bridgehead atoms. The second kappa shape index (κ2) is 35.5. The summed E-state index contributed by atoms with van der Waals surface area (Å²) in [7, 11) is 0. The fourth-order valence-electron chi connectivity index (χ4n) is 5.47. The molecule has 0 rings (SSSR count). The summed E-state index contributed by atoms with van der Waals surface area (Å²) in [6, 6.07) is 0. The van der Waals surface area contributed by atoms with Crippen molar-refractivity contribution in [1.29, 1.82) is 0 Å². The minimum atomic E-state index is -1.03. The van der Waals surface area contributed by atoms with Crippen molar-refractivity contribution in [3.63, 3.8) is 0 Å². The van der Waals surface area contributed by atoms with Crippen LogP contribution in [0.5, 0.6) is 0 Å². The maximum absolute atomic E-state index is 12.5. The van der Waals surface area contributed by atoms with Gasteiger partial charge in [0, 0.05) is 12.8 Å². The molecule has 6 heteroatoms. The van der Waals surface area contributed by atoms with Gasteiger partial charge < -0.3 is 15.2 Å². The van der Waals surface area contributed by atoms with E-state index < -0.39 is 5.97 Å². The maximum atomic E-state index is 12.5. The maximum Gasteiger partial charge on any atom is 0.322 e. The smallest absolute Gasteiger partial charge is 0.322 e. The lowest BCUT2D eigenvalue weighted by Gasteiger charge is -2.11. The quantitative estimate of drug-likeness (QED) is 0.0412. The molecule has 0 aromatic rings. The predicted octanol–water partition coefficient (Wildman–Crippen LogP) is 11.3. The largest absolute Gasteiger partial charge is 0.480 e. The Morgan fingerprint density at radius 2 is 1.07 bits per heavy atom. The Balaban J connectivity index is 3.93. The van der Waals surface area contributed by atoms with Crippen molar-refractivity contribution < 1.29 is 24.2 Å². The van der Waals surface area contributed by atoms with Crippen LogP contribution in [0.4, 0.5) is 0 Å². The third-order valence-electron chi connectivity index (χ3n) is 8.29. The van der Waals surface area contributed by atoms with Gasteiger partial charge in [-0.2, -0.15) is 0 Å². The van der Waals surface area contributed by atoms with Crippen LogP contribution in [0.1, 0.15) is 187 Å². The molecule has 1 amide bonds. The Kier molecular flexibility index (Phi) is 33.7. The molecule has 0 saturated carbocycles. The number of rotatable bonds is 34. The van der Waals surface area contributed by atoms with E-state index in [4.69, 9.17) is 9.84 Å². The van der Waals surface area contributed by atoms with Crippen LogP contribution in [0.2, 0.25) is 0 Å². The molecular weight excluding hydrogens is 574 g/mol. The molecule has 0 aliphatic rings. The zero-order valence-electron chi connectivity index (χ0n) is 29.9. The summed E-state index contributed by atoms with van der Waals surface area (Å²) in [5.41, 5.74) is 0. The average molecular weight is 646 g/mol. The first-order valence-corrected chi connectivity index (χ1v) is 19.2. The summed E-state index contributed by atoms with van der Waals surface area (Å²) in [4.78, 5) is 34.6. The van der Waals surface area contributed by atoms with Crippen molar-refractivity contribution in [1.82, 2.24) is 5.32 Å². The van der Waals surface area contributed by atoms with Gasteiger partial charge in [0.05, 0.1) is 0 Å². The van der Waals surface area contributed by atoms with Gasteiger partial charge in [0.15, 0.2) is 0 Å². The number of carboxylic acids is 1. The summed E-state index contributed by atoms with van der Waals surface area (Å²) < 4.78 is 5.76. The van der Waals surface area contributed by atoms with Gasteiger partial charge in [-0.25, -0.2) is 0 Å². The Morgan fingerprint density at radius 3 is 1.59 bits per heavy atom. The monoisotopic (exact) mass is 646 g/mol. The molecule has 1 atom stereocenters. The van der Waals surface area contributed by atoms with Crippen molar-refractivity contribution in [2.45, 2.75) is 193 Å². The number of amides is 1. The van der Waals surface area contributed by atoms with E-state index in [1.807, 2.05) is 24.3 Å². The fraction of sp³-hybridized carbons (Fsp3) is 0.775. The van der Waals surface area contributed by atoms with Crippen LogP contribution in [0.15, 0.2) is 36.5 Å². The lowest BCUT2D eigenvalue weighted by molar-refractivity contribution is -0.145. The number of aliphatic carboxylic acids is 1. The van der Waals surface area contributed by atoms with Gasteiger partial charge in [0.25, 0.3) is 0 Å². The van der Waals surface area contributed by atoms with E-state index in [0.717, 1.165) is 51.4 Å². The van der Waals surface area contributed by atoms with Crippen molar-refractivity contribution in [3.8, 4) is 0 Å². The summed E-state index contributed by atoms with van der Waals surface area (Å²) in [6.07, 6.45) is 43.3. The summed E-state index contributed by atoms with van der Waals surface area (Å²) in [6.45, 7) is 4.06.